The molecule has 1 aromatic carbocycles. The quantitative estimate of drug-likeness (QED) is 0.947. The van der Waals surface area contributed by atoms with Gasteiger partial charge >= 0.3 is 0 Å². The molecule has 1 aromatic heterocycles. The van der Waals surface area contributed by atoms with Gasteiger partial charge in [0.25, 0.3) is 5.91 Å². The van der Waals surface area contributed by atoms with Crippen LogP contribution in [0.1, 0.15) is 40.0 Å². The Morgan fingerprint density at radius 2 is 2.14 bits per heavy atom. The fourth-order valence-corrected chi connectivity index (χ4v) is 3.10. The number of benzene rings is 1. The van der Waals surface area contributed by atoms with Gasteiger partial charge in [0.1, 0.15) is 0 Å². The van der Waals surface area contributed by atoms with Gasteiger partial charge in [-0.25, -0.2) is 0 Å². The third-order valence-electron chi connectivity index (χ3n) is 4.14. The smallest absolute Gasteiger partial charge is 0.252 e. The molecule has 1 atom stereocenters. The highest BCUT2D eigenvalue weighted by Crippen LogP contribution is 2.23. The molecule has 1 fully saturated rings. The first-order chi connectivity index (χ1) is 10.5. The average Bonchev–Trinajstić information content (AvgIpc) is 2.98. The van der Waals surface area contributed by atoms with Crippen molar-refractivity contribution in [1.29, 1.82) is 0 Å². The second-order valence-corrected chi connectivity index (χ2v) is 6.13. The van der Waals surface area contributed by atoms with Gasteiger partial charge in [0.05, 0.1) is 17.2 Å². The van der Waals surface area contributed by atoms with Gasteiger partial charge in [-0.1, -0.05) is 11.6 Å². The topological polar surface area (TPSA) is 51.2 Å². The molecular weight excluding hydrogens is 276 g/mol. The van der Waals surface area contributed by atoms with Crippen LogP contribution in [0.4, 0.5) is 0 Å². The summed E-state index contributed by atoms with van der Waals surface area (Å²) in [5, 5.41) is 3.93. The van der Waals surface area contributed by atoms with E-state index in [2.05, 4.69) is 16.4 Å². The summed E-state index contributed by atoms with van der Waals surface area (Å²) in [6, 6.07) is 6.00. The zero-order valence-corrected chi connectivity index (χ0v) is 13.4. The van der Waals surface area contributed by atoms with Crippen molar-refractivity contribution in [2.75, 3.05) is 13.2 Å². The van der Waals surface area contributed by atoms with E-state index in [1.807, 2.05) is 32.9 Å². The number of amides is 1. The van der Waals surface area contributed by atoms with Crippen LogP contribution in [-0.2, 0) is 4.74 Å². The highest BCUT2D eigenvalue weighted by atomic mass is 16.5. The molecule has 0 saturated carbocycles. The minimum Gasteiger partial charge on any atom is -0.376 e. The summed E-state index contributed by atoms with van der Waals surface area (Å²) < 4.78 is 5.56. The number of hydrogen-bond acceptors (Lipinski definition) is 3. The van der Waals surface area contributed by atoms with Gasteiger partial charge in [-0.05, 0) is 51.3 Å². The van der Waals surface area contributed by atoms with Crippen LogP contribution in [-0.4, -0.2) is 30.1 Å². The molecule has 1 aliphatic rings. The monoisotopic (exact) mass is 298 g/mol. The molecule has 2 heterocycles. The first-order valence-corrected chi connectivity index (χ1v) is 7.83. The van der Waals surface area contributed by atoms with E-state index < -0.39 is 0 Å². The lowest BCUT2D eigenvalue weighted by Crippen LogP contribution is -2.32. The zero-order valence-electron chi connectivity index (χ0n) is 13.4. The maximum Gasteiger partial charge on any atom is 0.252 e. The van der Waals surface area contributed by atoms with Crippen LogP contribution in [0.3, 0.4) is 0 Å². The molecule has 0 unspecified atom stereocenters. The average molecular weight is 298 g/mol. The molecule has 1 N–H and O–H groups in total. The summed E-state index contributed by atoms with van der Waals surface area (Å²) in [6.07, 6.45) is 2.26. The number of nitrogens with zero attached hydrogens (tertiary/aromatic N) is 1. The third kappa shape index (κ3) is 2.97. The molecule has 116 valence electrons. The molecule has 3 rings (SSSR count). The van der Waals surface area contributed by atoms with Crippen molar-refractivity contribution < 1.29 is 9.53 Å². The minimum atomic E-state index is -0.0454. The van der Waals surface area contributed by atoms with Crippen molar-refractivity contribution in [3.8, 4) is 0 Å². The highest BCUT2D eigenvalue weighted by molar-refractivity contribution is 6.07. The molecule has 0 aliphatic carbocycles. The van der Waals surface area contributed by atoms with Crippen LogP contribution < -0.4 is 5.32 Å². The van der Waals surface area contributed by atoms with E-state index in [0.29, 0.717) is 12.1 Å². The molecular formula is C18H22N2O2. The lowest BCUT2D eigenvalue weighted by atomic mass is 10.0. The van der Waals surface area contributed by atoms with Gasteiger partial charge in [0, 0.05) is 24.2 Å². The Bertz CT molecular complexity index is 719. The van der Waals surface area contributed by atoms with E-state index in [4.69, 9.17) is 4.74 Å². The molecule has 4 heteroatoms. The Hall–Kier alpha value is -1.94. The summed E-state index contributed by atoms with van der Waals surface area (Å²) in [5.74, 6) is -0.0454. The van der Waals surface area contributed by atoms with Crippen LogP contribution in [0.25, 0.3) is 10.9 Å². The van der Waals surface area contributed by atoms with Gasteiger partial charge in [-0.3, -0.25) is 9.78 Å². The van der Waals surface area contributed by atoms with Crippen molar-refractivity contribution in [3.63, 3.8) is 0 Å². The maximum atomic E-state index is 12.6. The molecule has 1 aliphatic heterocycles. The second-order valence-electron chi connectivity index (χ2n) is 6.13. The molecule has 0 spiro atoms. The van der Waals surface area contributed by atoms with Crippen molar-refractivity contribution in [2.45, 2.75) is 39.7 Å². The Morgan fingerprint density at radius 1 is 1.32 bits per heavy atom. The second kappa shape index (κ2) is 6.05. The predicted octanol–water partition coefficient (Wildman–Crippen LogP) is 3.07. The Labute approximate surface area is 130 Å². The number of hydrogen-bond donors (Lipinski definition) is 1. The van der Waals surface area contributed by atoms with Gasteiger partial charge in [-0.2, -0.15) is 0 Å². The molecule has 0 bridgehead atoms. The number of ether oxygens (including phenoxy) is 1. The lowest BCUT2D eigenvalue weighted by Gasteiger charge is -2.13. The van der Waals surface area contributed by atoms with Gasteiger partial charge in [0.15, 0.2) is 0 Å². The number of pyridine rings is 1. The van der Waals surface area contributed by atoms with Gasteiger partial charge in [-0.15, -0.1) is 0 Å². The van der Waals surface area contributed by atoms with Crippen LogP contribution in [0.15, 0.2) is 18.2 Å². The molecule has 4 nitrogen and oxygen atoms in total. The number of fused-ring (bicyclic) bond motifs is 1. The van der Waals surface area contributed by atoms with Crippen LogP contribution in [0, 0.1) is 20.8 Å². The third-order valence-corrected chi connectivity index (χ3v) is 4.14. The van der Waals surface area contributed by atoms with Crippen molar-refractivity contribution in [2.24, 2.45) is 0 Å². The molecule has 1 saturated heterocycles. The minimum absolute atomic E-state index is 0.0454. The van der Waals surface area contributed by atoms with Gasteiger partial charge < -0.3 is 10.1 Å². The number of aromatic nitrogens is 1. The zero-order chi connectivity index (χ0) is 15.7. The molecule has 2 aromatic rings. The Kier molecular flexibility index (Phi) is 4.12. The summed E-state index contributed by atoms with van der Waals surface area (Å²) in [6.45, 7) is 7.38. The fourth-order valence-electron chi connectivity index (χ4n) is 3.10. The molecule has 0 radical (unpaired) electrons. The van der Waals surface area contributed by atoms with Crippen molar-refractivity contribution in [3.05, 3.63) is 40.6 Å². The van der Waals surface area contributed by atoms with E-state index in [-0.39, 0.29) is 12.0 Å². The Balaban J connectivity index is 1.92. The summed E-state index contributed by atoms with van der Waals surface area (Å²) in [7, 11) is 0. The van der Waals surface area contributed by atoms with Gasteiger partial charge in [0.2, 0.25) is 0 Å². The van der Waals surface area contributed by atoms with Crippen LogP contribution in [0.2, 0.25) is 0 Å². The lowest BCUT2D eigenvalue weighted by molar-refractivity contribution is 0.0859. The standard InChI is InChI=1S/C18H22N2O2/c1-11-7-12(2)17-15(8-11)16(9-13(3)20-17)18(21)19-10-14-5-4-6-22-14/h7-9,14H,4-6,10H2,1-3H3,(H,19,21)/t14-/m0/s1. The first kappa shape index (κ1) is 15.0. The normalized spacial score (nSPS) is 17.9. The fraction of sp³-hybridized carbons (Fsp3) is 0.444. The van der Waals surface area contributed by atoms with Crippen LogP contribution in [0.5, 0.6) is 0 Å². The number of nitrogens with one attached hydrogen (secondary N) is 1. The summed E-state index contributed by atoms with van der Waals surface area (Å²) in [4.78, 5) is 17.2. The van der Waals surface area contributed by atoms with Crippen LogP contribution >= 0.6 is 0 Å². The predicted molar refractivity (Wildman–Crippen MR) is 87.3 cm³/mol. The van der Waals surface area contributed by atoms with E-state index >= 15 is 0 Å². The van der Waals surface area contributed by atoms with Crippen molar-refractivity contribution >= 4 is 16.8 Å². The number of rotatable bonds is 3. The van der Waals surface area contributed by atoms with Crippen molar-refractivity contribution in [1.82, 2.24) is 10.3 Å². The largest absolute Gasteiger partial charge is 0.376 e. The SMILES string of the molecule is Cc1cc(C)c2nc(C)cc(C(=O)NC[C@@H]3CCCO3)c2c1. The first-order valence-electron chi connectivity index (χ1n) is 7.83. The number of carbonyl (C=O) groups is 1. The molecule has 1 amide bonds. The number of aryl methyl sites for hydroxylation is 3. The van der Waals surface area contributed by atoms with E-state index in [0.717, 1.165) is 47.2 Å². The van der Waals surface area contributed by atoms with E-state index in [1.54, 1.807) is 0 Å². The summed E-state index contributed by atoms with van der Waals surface area (Å²) in [5.41, 5.74) is 4.72. The number of carbonyl (C=O) groups excluding carboxylic acids is 1. The Morgan fingerprint density at radius 3 is 2.86 bits per heavy atom. The van der Waals surface area contributed by atoms with E-state index in [1.165, 1.54) is 0 Å². The summed E-state index contributed by atoms with van der Waals surface area (Å²) >= 11 is 0. The van der Waals surface area contributed by atoms with E-state index in [9.17, 15) is 4.79 Å². The molecule has 22 heavy (non-hydrogen) atoms. The maximum absolute atomic E-state index is 12.6. The highest BCUT2D eigenvalue weighted by Gasteiger charge is 2.18.